The van der Waals surface area contributed by atoms with Crippen LogP contribution in [0.3, 0.4) is 0 Å². The van der Waals surface area contributed by atoms with E-state index in [1.807, 2.05) is 0 Å². The second-order valence-electron chi connectivity index (χ2n) is 8.81. The van der Waals surface area contributed by atoms with Crippen molar-refractivity contribution in [3.05, 3.63) is 60.7 Å². The predicted octanol–water partition coefficient (Wildman–Crippen LogP) is 2.30. The molecule has 0 aliphatic carbocycles. The summed E-state index contributed by atoms with van der Waals surface area (Å²) in [6.07, 6.45) is 8.66. The van der Waals surface area contributed by atoms with Crippen LogP contribution in [0.1, 0.15) is 5.82 Å². The summed E-state index contributed by atoms with van der Waals surface area (Å²) >= 11 is 0. The number of hydrogen-bond donors (Lipinski definition) is 0. The van der Waals surface area contributed by atoms with Gasteiger partial charge in [-0.1, -0.05) is 0 Å². The molecule has 1 aromatic carbocycles. The van der Waals surface area contributed by atoms with Crippen LogP contribution in [0, 0.1) is 11.6 Å². The lowest BCUT2D eigenvalue weighted by molar-refractivity contribution is 0.358. The molecular weight excluding hydrogens is 562 g/mol. The van der Waals surface area contributed by atoms with Gasteiger partial charge in [0.05, 0.1) is 45.0 Å². The third-order valence-electron chi connectivity index (χ3n) is 6.04. The molecule has 0 unspecified atom stereocenters. The number of aromatic nitrogens is 8. The molecule has 4 aromatic heterocycles. The zero-order valence-electron chi connectivity index (χ0n) is 22.5. The van der Waals surface area contributed by atoms with Crippen molar-refractivity contribution >= 4 is 33.0 Å². The summed E-state index contributed by atoms with van der Waals surface area (Å²) < 4.78 is 71.1. The number of rotatable bonds is 9. The molecule has 0 spiro atoms. The van der Waals surface area contributed by atoms with Crippen molar-refractivity contribution in [2.24, 2.45) is 7.05 Å². The third-order valence-corrected chi connectivity index (χ3v) is 7.79. The van der Waals surface area contributed by atoms with Gasteiger partial charge in [-0.2, -0.15) is 22.8 Å². The highest BCUT2D eigenvalue weighted by Gasteiger charge is 2.30. The Balaban J connectivity index is 1.72. The molecule has 0 atom stereocenters. The van der Waals surface area contributed by atoms with Crippen LogP contribution >= 0.6 is 0 Å². The van der Waals surface area contributed by atoms with Gasteiger partial charge in [-0.25, -0.2) is 32.7 Å². The highest BCUT2D eigenvalue weighted by molar-refractivity contribution is 7.87. The highest BCUT2D eigenvalue weighted by atomic mass is 32.2. The normalized spacial score (nSPS) is 11.8. The number of ether oxygens (including phenoxy) is 2. The second-order valence-corrected chi connectivity index (χ2v) is 10.8. The number of halogens is 2. The molecule has 0 radical (unpaired) electrons. The van der Waals surface area contributed by atoms with Crippen molar-refractivity contribution in [2.75, 3.05) is 33.2 Å². The average Bonchev–Trinajstić information content (AvgIpc) is 3.61. The standard InChI is InChI=1S/C24H24F2N10O4S/c1-33(2)41(37,38)36-7-6-27-19(36)13-35(22-20(25)17(39-4)8-18(40-5)21(22)26)24-29-11-16-23(32-24)31-15(10-28-16)14-9-30-34(3)12-14/h6-12H,13H2,1-5H3. The second kappa shape index (κ2) is 10.7. The average molecular weight is 587 g/mol. The van der Waals surface area contributed by atoms with E-state index in [-0.39, 0.29) is 28.9 Å². The monoisotopic (exact) mass is 586 g/mol. The Morgan fingerprint density at radius 3 is 2.29 bits per heavy atom. The van der Waals surface area contributed by atoms with Crippen molar-refractivity contribution in [1.82, 2.24) is 43.0 Å². The fourth-order valence-corrected chi connectivity index (χ4v) is 4.88. The minimum atomic E-state index is -4.04. The number of aryl methyl sites for hydroxylation is 1. The van der Waals surface area contributed by atoms with Gasteiger partial charge in [0.2, 0.25) is 5.95 Å². The van der Waals surface area contributed by atoms with Crippen molar-refractivity contribution in [3.8, 4) is 22.8 Å². The largest absolute Gasteiger partial charge is 0.493 e. The molecule has 4 heterocycles. The van der Waals surface area contributed by atoms with E-state index in [1.54, 1.807) is 24.1 Å². The summed E-state index contributed by atoms with van der Waals surface area (Å²) in [5, 5.41) is 4.13. The quantitative estimate of drug-likeness (QED) is 0.251. The Bertz CT molecular complexity index is 1830. The minimum absolute atomic E-state index is 0.0850. The fourth-order valence-electron chi connectivity index (χ4n) is 3.95. The summed E-state index contributed by atoms with van der Waals surface area (Å²) in [5.74, 6) is -3.16. The lowest BCUT2D eigenvalue weighted by Crippen LogP contribution is -2.32. The molecule has 214 valence electrons. The fraction of sp³-hybridized carbons (Fsp3) is 0.250. The minimum Gasteiger partial charge on any atom is -0.493 e. The molecule has 0 aliphatic heterocycles. The number of methoxy groups -OCH3 is 2. The summed E-state index contributed by atoms with van der Waals surface area (Å²) in [6, 6.07) is 1.05. The Morgan fingerprint density at radius 2 is 1.68 bits per heavy atom. The van der Waals surface area contributed by atoms with Crippen LogP contribution in [-0.4, -0.2) is 79.7 Å². The molecule has 0 saturated carbocycles. The van der Waals surface area contributed by atoms with Crippen molar-refractivity contribution < 1.29 is 26.7 Å². The van der Waals surface area contributed by atoms with Gasteiger partial charge in [0.25, 0.3) is 0 Å². The van der Waals surface area contributed by atoms with Crippen LogP contribution < -0.4 is 14.4 Å². The topological polar surface area (TPSA) is 146 Å². The molecule has 14 nitrogen and oxygen atoms in total. The van der Waals surface area contributed by atoms with E-state index in [0.29, 0.717) is 16.8 Å². The Hall–Kier alpha value is -4.77. The molecule has 5 aromatic rings. The molecule has 0 amide bonds. The Labute approximate surface area is 233 Å². The number of benzene rings is 1. The van der Waals surface area contributed by atoms with E-state index in [9.17, 15) is 8.42 Å². The SMILES string of the molecule is COc1cc(OC)c(F)c(N(Cc2nccn2S(=O)(=O)N(C)C)c2ncc3ncc(-c4cnn(C)c4)nc3n2)c1F. The first-order valence-corrected chi connectivity index (χ1v) is 13.3. The van der Waals surface area contributed by atoms with E-state index in [2.05, 4.69) is 30.0 Å². The van der Waals surface area contributed by atoms with E-state index in [1.165, 1.54) is 53.1 Å². The molecule has 41 heavy (non-hydrogen) atoms. The molecule has 0 aliphatic rings. The van der Waals surface area contributed by atoms with Crippen molar-refractivity contribution in [1.29, 1.82) is 0 Å². The van der Waals surface area contributed by atoms with Gasteiger partial charge in [-0.15, -0.1) is 0 Å². The highest BCUT2D eigenvalue weighted by Crippen LogP contribution is 2.40. The Kier molecular flexibility index (Phi) is 7.22. The summed E-state index contributed by atoms with van der Waals surface area (Å²) in [4.78, 5) is 22.8. The van der Waals surface area contributed by atoms with Gasteiger partial charge in [0.1, 0.15) is 17.0 Å². The zero-order chi connectivity index (χ0) is 29.5. The van der Waals surface area contributed by atoms with Gasteiger partial charge < -0.3 is 9.47 Å². The van der Waals surface area contributed by atoms with E-state index in [0.717, 1.165) is 19.2 Å². The maximum atomic E-state index is 15.8. The van der Waals surface area contributed by atoms with E-state index >= 15 is 8.78 Å². The van der Waals surface area contributed by atoms with Gasteiger partial charge in [-0.05, 0) is 0 Å². The van der Waals surface area contributed by atoms with Crippen LogP contribution in [-0.2, 0) is 23.8 Å². The van der Waals surface area contributed by atoms with E-state index in [4.69, 9.17) is 9.47 Å². The molecule has 0 bridgehead atoms. The lowest BCUT2D eigenvalue weighted by atomic mass is 10.2. The van der Waals surface area contributed by atoms with Gasteiger partial charge in [-0.3, -0.25) is 9.58 Å². The van der Waals surface area contributed by atoms with Crippen LogP contribution in [0.4, 0.5) is 20.4 Å². The smallest absolute Gasteiger partial charge is 0.308 e. The van der Waals surface area contributed by atoms with Crippen LogP contribution in [0.15, 0.2) is 43.2 Å². The molecule has 5 rings (SSSR count). The summed E-state index contributed by atoms with van der Waals surface area (Å²) in [7, 11) is 2.82. The maximum absolute atomic E-state index is 15.8. The molecule has 17 heteroatoms. The Morgan fingerprint density at radius 1 is 0.976 bits per heavy atom. The first kappa shape index (κ1) is 27.8. The first-order valence-electron chi connectivity index (χ1n) is 11.9. The first-order chi connectivity index (χ1) is 19.5. The van der Waals surface area contributed by atoms with Gasteiger partial charge >= 0.3 is 10.2 Å². The maximum Gasteiger partial charge on any atom is 0.308 e. The van der Waals surface area contributed by atoms with Crippen LogP contribution in [0.5, 0.6) is 11.5 Å². The molecule has 0 fully saturated rings. The van der Waals surface area contributed by atoms with Crippen molar-refractivity contribution in [2.45, 2.75) is 6.54 Å². The molecule has 0 saturated heterocycles. The predicted molar refractivity (Wildman–Crippen MR) is 143 cm³/mol. The number of imidazole rings is 1. The summed E-state index contributed by atoms with van der Waals surface area (Å²) in [6.45, 7) is -0.481. The van der Waals surface area contributed by atoms with Crippen molar-refractivity contribution in [3.63, 3.8) is 0 Å². The number of anilines is 2. The number of fused-ring (bicyclic) bond motifs is 1. The number of hydrogen-bond acceptors (Lipinski definition) is 11. The molecule has 0 N–H and O–H groups in total. The lowest BCUT2D eigenvalue weighted by Gasteiger charge is -2.25. The van der Waals surface area contributed by atoms with Crippen LogP contribution in [0.25, 0.3) is 22.4 Å². The third kappa shape index (κ3) is 5.00. The zero-order valence-corrected chi connectivity index (χ0v) is 23.3. The van der Waals surface area contributed by atoms with E-state index < -0.39 is 34.1 Å². The van der Waals surface area contributed by atoms with Gasteiger partial charge in [0, 0.05) is 51.4 Å². The molecular formula is C24H24F2N10O4S. The number of nitrogens with zero attached hydrogens (tertiary/aromatic N) is 10. The summed E-state index contributed by atoms with van der Waals surface area (Å²) in [5.41, 5.74) is 0.886. The van der Waals surface area contributed by atoms with Crippen LogP contribution in [0.2, 0.25) is 0 Å². The van der Waals surface area contributed by atoms with Gasteiger partial charge in [0.15, 0.2) is 28.8 Å².